The van der Waals surface area contributed by atoms with E-state index < -0.39 is 5.41 Å². The van der Waals surface area contributed by atoms with E-state index in [1.807, 2.05) is 44.7 Å². The van der Waals surface area contributed by atoms with Crippen LogP contribution in [0.15, 0.2) is 24.3 Å². The van der Waals surface area contributed by atoms with Crippen molar-refractivity contribution >= 4 is 17.8 Å². The number of amides is 2. The number of hydrogen-bond acceptors (Lipinski definition) is 4. The molecule has 160 valence electrons. The quantitative estimate of drug-likeness (QED) is 0.741. The summed E-state index contributed by atoms with van der Waals surface area (Å²) >= 11 is 0. The van der Waals surface area contributed by atoms with Crippen molar-refractivity contribution in [2.24, 2.45) is 11.3 Å². The van der Waals surface area contributed by atoms with E-state index in [-0.39, 0.29) is 36.4 Å². The van der Waals surface area contributed by atoms with Crippen molar-refractivity contribution in [2.75, 3.05) is 19.7 Å². The van der Waals surface area contributed by atoms with E-state index in [4.69, 9.17) is 4.74 Å². The Labute approximate surface area is 174 Å². The first-order valence-electron chi connectivity index (χ1n) is 10.5. The highest BCUT2D eigenvalue weighted by Crippen LogP contribution is 2.24. The van der Waals surface area contributed by atoms with Gasteiger partial charge in [0.1, 0.15) is 0 Å². The fourth-order valence-corrected chi connectivity index (χ4v) is 3.46. The highest BCUT2D eigenvalue weighted by atomic mass is 16.5. The summed E-state index contributed by atoms with van der Waals surface area (Å²) in [6.45, 7) is 10.5. The number of likely N-dealkylation sites (tertiary alicyclic amines) is 1. The molecule has 1 fully saturated rings. The van der Waals surface area contributed by atoms with Crippen LogP contribution in [0.25, 0.3) is 0 Å². The molecule has 0 aromatic heterocycles. The third-order valence-electron chi connectivity index (χ3n) is 5.37. The van der Waals surface area contributed by atoms with Gasteiger partial charge in [0.15, 0.2) is 6.61 Å². The van der Waals surface area contributed by atoms with E-state index >= 15 is 0 Å². The number of benzene rings is 1. The molecule has 29 heavy (non-hydrogen) atoms. The summed E-state index contributed by atoms with van der Waals surface area (Å²) in [7, 11) is 0. The summed E-state index contributed by atoms with van der Waals surface area (Å²) in [5, 5.41) is 2.86. The topological polar surface area (TPSA) is 75.7 Å². The van der Waals surface area contributed by atoms with Crippen LogP contribution >= 0.6 is 0 Å². The molecular weight excluding hydrogens is 368 g/mol. The molecule has 0 spiro atoms. The maximum atomic E-state index is 12.3. The standard InChI is InChI=1S/C23H34N2O4/c1-6-17-7-9-18(10-8-17)16(2)24-20(26)15-29-21(27)19-11-13-25(14-12-19)22(28)23(3,4)5/h7-10,16,19H,6,11-15H2,1-5H3,(H,24,26). The minimum atomic E-state index is -0.418. The Kier molecular flexibility index (Phi) is 7.82. The van der Waals surface area contributed by atoms with Gasteiger partial charge in [-0.1, -0.05) is 52.0 Å². The number of aryl methyl sites for hydroxylation is 1. The lowest BCUT2D eigenvalue weighted by atomic mass is 9.91. The second-order valence-electron chi connectivity index (χ2n) is 8.81. The van der Waals surface area contributed by atoms with Crippen molar-refractivity contribution < 1.29 is 19.1 Å². The maximum absolute atomic E-state index is 12.3. The van der Waals surface area contributed by atoms with E-state index in [0.29, 0.717) is 25.9 Å². The Balaban J connectivity index is 1.74. The van der Waals surface area contributed by atoms with E-state index in [2.05, 4.69) is 24.4 Å². The third-order valence-corrected chi connectivity index (χ3v) is 5.37. The first kappa shape index (κ1) is 22.9. The normalized spacial score (nSPS) is 16.2. The molecule has 1 heterocycles. The molecule has 6 heteroatoms. The van der Waals surface area contributed by atoms with Gasteiger partial charge in [-0.2, -0.15) is 0 Å². The summed E-state index contributed by atoms with van der Waals surface area (Å²) in [5.74, 6) is -0.829. The summed E-state index contributed by atoms with van der Waals surface area (Å²) in [6.07, 6.45) is 2.12. The molecule has 1 aliphatic heterocycles. The van der Waals surface area contributed by atoms with Crippen LogP contribution in [0.2, 0.25) is 0 Å². The Morgan fingerprint density at radius 3 is 2.24 bits per heavy atom. The molecule has 2 rings (SSSR count). The Hall–Kier alpha value is -2.37. The predicted octanol–water partition coefficient (Wildman–Crippen LogP) is 3.25. The molecule has 1 N–H and O–H groups in total. The second-order valence-corrected chi connectivity index (χ2v) is 8.81. The summed E-state index contributed by atoms with van der Waals surface area (Å²) in [6, 6.07) is 7.95. The van der Waals surface area contributed by atoms with Crippen LogP contribution in [-0.4, -0.2) is 42.4 Å². The zero-order chi connectivity index (χ0) is 21.6. The number of nitrogens with one attached hydrogen (secondary N) is 1. The number of nitrogens with zero attached hydrogens (tertiary/aromatic N) is 1. The van der Waals surface area contributed by atoms with Gasteiger partial charge in [0.25, 0.3) is 5.91 Å². The molecule has 0 bridgehead atoms. The Morgan fingerprint density at radius 2 is 1.72 bits per heavy atom. The molecular formula is C23H34N2O4. The largest absolute Gasteiger partial charge is 0.455 e. The second kappa shape index (κ2) is 9.90. The molecule has 1 unspecified atom stereocenters. The molecule has 1 atom stereocenters. The third kappa shape index (κ3) is 6.58. The van der Waals surface area contributed by atoms with Gasteiger partial charge in [-0.15, -0.1) is 0 Å². The Morgan fingerprint density at radius 1 is 1.14 bits per heavy atom. The van der Waals surface area contributed by atoms with E-state index in [0.717, 1.165) is 12.0 Å². The van der Waals surface area contributed by atoms with Gasteiger partial charge in [-0.3, -0.25) is 14.4 Å². The Bertz CT molecular complexity index is 713. The van der Waals surface area contributed by atoms with Crippen LogP contribution in [-0.2, 0) is 25.5 Å². The van der Waals surface area contributed by atoms with E-state index in [9.17, 15) is 14.4 Å². The lowest BCUT2D eigenvalue weighted by Crippen LogP contribution is -2.45. The van der Waals surface area contributed by atoms with Crippen LogP contribution in [0.1, 0.15) is 64.6 Å². The monoisotopic (exact) mass is 402 g/mol. The number of rotatable bonds is 6. The van der Waals surface area contributed by atoms with Gasteiger partial charge in [0.05, 0.1) is 12.0 Å². The van der Waals surface area contributed by atoms with Crippen molar-refractivity contribution in [3.05, 3.63) is 35.4 Å². The molecule has 6 nitrogen and oxygen atoms in total. The van der Waals surface area contributed by atoms with Crippen LogP contribution in [0.5, 0.6) is 0 Å². The minimum Gasteiger partial charge on any atom is -0.455 e. The number of carbonyl (C=O) groups is 3. The SMILES string of the molecule is CCc1ccc(C(C)NC(=O)COC(=O)C2CCN(C(=O)C(C)(C)C)CC2)cc1. The number of esters is 1. The molecule has 0 saturated carbocycles. The molecule has 0 radical (unpaired) electrons. The van der Waals surface area contributed by atoms with Gasteiger partial charge in [0.2, 0.25) is 5.91 Å². The first-order chi connectivity index (χ1) is 13.6. The number of piperidine rings is 1. The number of hydrogen-bond donors (Lipinski definition) is 1. The minimum absolute atomic E-state index is 0.102. The number of carbonyl (C=O) groups excluding carboxylic acids is 3. The van der Waals surface area contributed by atoms with Crippen molar-refractivity contribution in [2.45, 2.75) is 59.9 Å². The molecule has 1 aromatic rings. The highest BCUT2D eigenvalue weighted by molar-refractivity contribution is 5.83. The van der Waals surface area contributed by atoms with Gasteiger partial charge < -0.3 is 15.0 Å². The van der Waals surface area contributed by atoms with Gasteiger partial charge in [-0.05, 0) is 37.3 Å². The van der Waals surface area contributed by atoms with Gasteiger partial charge >= 0.3 is 5.97 Å². The van der Waals surface area contributed by atoms with Gasteiger partial charge in [-0.25, -0.2) is 0 Å². The average Bonchev–Trinajstić information content (AvgIpc) is 2.70. The van der Waals surface area contributed by atoms with Crippen molar-refractivity contribution in [1.29, 1.82) is 0 Å². The van der Waals surface area contributed by atoms with Crippen LogP contribution in [0.4, 0.5) is 0 Å². The van der Waals surface area contributed by atoms with Crippen molar-refractivity contribution in [3.8, 4) is 0 Å². The van der Waals surface area contributed by atoms with Crippen LogP contribution < -0.4 is 5.32 Å². The maximum Gasteiger partial charge on any atom is 0.309 e. The lowest BCUT2D eigenvalue weighted by Gasteiger charge is -2.34. The fourth-order valence-electron chi connectivity index (χ4n) is 3.46. The molecule has 0 aliphatic carbocycles. The molecule has 1 aromatic carbocycles. The predicted molar refractivity (Wildman–Crippen MR) is 112 cm³/mol. The molecule has 1 aliphatic rings. The first-order valence-corrected chi connectivity index (χ1v) is 10.5. The fraction of sp³-hybridized carbons (Fsp3) is 0.609. The smallest absolute Gasteiger partial charge is 0.309 e. The average molecular weight is 403 g/mol. The van der Waals surface area contributed by atoms with E-state index in [1.165, 1.54) is 5.56 Å². The van der Waals surface area contributed by atoms with Gasteiger partial charge in [0, 0.05) is 18.5 Å². The molecule has 2 amide bonds. The van der Waals surface area contributed by atoms with Crippen molar-refractivity contribution in [1.82, 2.24) is 10.2 Å². The summed E-state index contributed by atoms with van der Waals surface area (Å²) < 4.78 is 5.23. The van der Waals surface area contributed by atoms with E-state index in [1.54, 1.807) is 0 Å². The van der Waals surface area contributed by atoms with Crippen molar-refractivity contribution in [3.63, 3.8) is 0 Å². The summed E-state index contributed by atoms with van der Waals surface area (Å²) in [5.41, 5.74) is 1.84. The lowest BCUT2D eigenvalue weighted by molar-refractivity contribution is -0.155. The van der Waals surface area contributed by atoms with Crippen LogP contribution in [0.3, 0.4) is 0 Å². The zero-order valence-corrected chi connectivity index (χ0v) is 18.3. The number of ether oxygens (including phenoxy) is 1. The zero-order valence-electron chi connectivity index (χ0n) is 18.3. The highest BCUT2D eigenvalue weighted by Gasteiger charge is 2.33. The van der Waals surface area contributed by atoms with Crippen LogP contribution in [0, 0.1) is 11.3 Å². The molecule has 1 saturated heterocycles. The summed E-state index contributed by atoms with van der Waals surface area (Å²) in [4.78, 5) is 38.6.